The topological polar surface area (TPSA) is 86.1 Å². The first-order chi connectivity index (χ1) is 16.6. The Kier molecular flexibility index (Phi) is 7.18. The maximum absolute atomic E-state index is 13.1. The first kappa shape index (κ1) is 24.8. The van der Waals surface area contributed by atoms with Crippen LogP contribution in [0.4, 0.5) is 13.2 Å². The number of carbonyl (C=O) groups excluding carboxylic acids is 1. The average Bonchev–Trinajstić information content (AvgIpc) is 3.53. The second kappa shape index (κ2) is 10.1. The molecule has 0 bridgehead atoms. The molecule has 1 atom stereocenters. The molecule has 1 saturated heterocycles. The third-order valence-electron chi connectivity index (χ3n) is 5.45. The van der Waals surface area contributed by atoms with E-state index in [1.807, 2.05) is 0 Å². The molecule has 1 aliphatic heterocycles. The van der Waals surface area contributed by atoms with E-state index < -0.39 is 32.7 Å². The molecule has 2 aromatic carbocycles. The van der Waals surface area contributed by atoms with Crippen LogP contribution in [0.25, 0.3) is 0 Å². The smallest absolute Gasteiger partial charge is 0.416 e. The van der Waals surface area contributed by atoms with Crippen LogP contribution in [0.15, 0.2) is 76.2 Å². The number of alkyl halides is 3. The highest BCUT2D eigenvalue weighted by molar-refractivity contribution is 7.87. The van der Waals surface area contributed by atoms with Gasteiger partial charge < -0.3 is 18.2 Å². The van der Waals surface area contributed by atoms with E-state index in [2.05, 4.69) is 0 Å². The van der Waals surface area contributed by atoms with Gasteiger partial charge in [-0.1, -0.05) is 24.3 Å². The minimum atomic E-state index is -4.71. The van der Waals surface area contributed by atoms with Crippen LogP contribution in [0, 0.1) is 0 Å². The van der Waals surface area contributed by atoms with E-state index in [1.165, 1.54) is 29.4 Å². The van der Waals surface area contributed by atoms with Gasteiger partial charge in [0.05, 0.1) is 17.9 Å². The molecular formula is C24H22F3NO6S. The van der Waals surface area contributed by atoms with Gasteiger partial charge in [-0.15, -0.1) is 0 Å². The van der Waals surface area contributed by atoms with E-state index in [0.717, 1.165) is 31.0 Å². The van der Waals surface area contributed by atoms with E-state index >= 15 is 0 Å². The van der Waals surface area contributed by atoms with Crippen molar-refractivity contribution in [1.29, 1.82) is 0 Å². The summed E-state index contributed by atoms with van der Waals surface area (Å²) >= 11 is 0. The average molecular weight is 510 g/mol. The van der Waals surface area contributed by atoms with Crippen molar-refractivity contribution in [3.8, 4) is 5.75 Å². The number of amides is 1. The van der Waals surface area contributed by atoms with Crippen LogP contribution < -0.4 is 4.18 Å². The summed E-state index contributed by atoms with van der Waals surface area (Å²) in [5.41, 5.74) is -0.761. The first-order valence-electron chi connectivity index (χ1n) is 10.8. The second-order valence-electron chi connectivity index (χ2n) is 7.97. The highest BCUT2D eigenvalue weighted by Crippen LogP contribution is 2.32. The Labute approximate surface area is 200 Å². The second-order valence-corrected chi connectivity index (χ2v) is 9.52. The van der Waals surface area contributed by atoms with Crippen LogP contribution in [-0.2, 0) is 27.6 Å². The third-order valence-corrected chi connectivity index (χ3v) is 6.68. The largest absolute Gasteiger partial charge is 0.459 e. The number of rotatable bonds is 8. The van der Waals surface area contributed by atoms with E-state index in [1.54, 1.807) is 18.2 Å². The lowest BCUT2D eigenvalue weighted by Crippen LogP contribution is -2.37. The molecule has 4 rings (SSSR count). The molecule has 0 N–H and O–H groups in total. The van der Waals surface area contributed by atoms with Crippen LogP contribution in [0.2, 0.25) is 0 Å². The Morgan fingerprint density at radius 2 is 1.89 bits per heavy atom. The summed E-state index contributed by atoms with van der Waals surface area (Å²) in [5.74, 6) is -0.409. The van der Waals surface area contributed by atoms with Gasteiger partial charge in [-0.3, -0.25) is 4.79 Å². The molecular weight excluding hydrogens is 487 g/mol. The predicted octanol–water partition coefficient (Wildman–Crippen LogP) is 4.89. The lowest BCUT2D eigenvalue weighted by Gasteiger charge is -2.25. The number of hydrogen-bond donors (Lipinski definition) is 0. The van der Waals surface area contributed by atoms with Crippen molar-refractivity contribution in [2.75, 3.05) is 13.2 Å². The van der Waals surface area contributed by atoms with Crippen molar-refractivity contribution in [2.24, 2.45) is 0 Å². The summed E-state index contributed by atoms with van der Waals surface area (Å²) in [6, 6.07) is 12.5. The number of ether oxygens (including phenoxy) is 1. The summed E-state index contributed by atoms with van der Waals surface area (Å²) in [6.45, 7) is 0.796. The fourth-order valence-corrected chi connectivity index (χ4v) is 4.74. The number of carbonyl (C=O) groups is 1. The van der Waals surface area contributed by atoms with Crippen molar-refractivity contribution >= 4 is 16.0 Å². The number of hydrogen-bond acceptors (Lipinski definition) is 6. The van der Waals surface area contributed by atoms with Gasteiger partial charge in [0.2, 0.25) is 0 Å². The molecule has 3 aromatic rings. The Hall–Kier alpha value is -3.31. The van der Waals surface area contributed by atoms with Crippen LogP contribution in [0.3, 0.4) is 0 Å². The molecule has 0 spiro atoms. The van der Waals surface area contributed by atoms with Crippen molar-refractivity contribution in [2.45, 2.75) is 36.6 Å². The van der Waals surface area contributed by atoms with E-state index in [0.29, 0.717) is 18.2 Å². The number of benzene rings is 2. The lowest BCUT2D eigenvalue weighted by molar-refractivity contribution is -0.137. The van der Waals surface area contributed by atoms with E-state index in [-0.39, 0.29) is 30.7 Å². The predicted molar refractivity (Wildman–Crippen MR) is 118 cm³/mol. The maximum Gasteiger partial charge on any atom is 0.416 e. The minimum Gasteiger partial charge on any atom is -0.459 e. The van der Waals surface area contributed by atoms with Gasteiger partial charge in [0.25, 0.3) is 5.91 Å². The minimum absolute atomic E-state index is 0.0341. The quantitative estimate of drug-likeness (QED) is 0.402. The first-order valence-corrected chi connectivity index (χ1v) is 12.2. The molecule has 0 aliphatic carbocycles. The molecule has 11 heteroatoms. The molecule has 1 aliphatic rings. The zero-order valence-electron chi connectivity index (χ0n) is 18.4. The number of furan rings is 1. The zero-order valence-corrected chi connectivity index (χ0v) is 19.2. The standard InChI is InChI=1S/C24H22F3NO6S/c25-24(26,27)18-7-3-9-20(14-18)35(30,31)34-21-10-2-1-6-17(21)15-28(16-19-8-4-12-32-19)23(29)22-11-5-13-33-22/h1-3,5-7,9-11,13-14,19H,4,8,12,15-16H2/t19-/m1/s1. The molecule has 7 nitrogen and oxygen atoms in total. The molecule has 35 heavy (non-hydrogen) atoms. The number of para-hydroxylation sites is 1. The summed E-state index contributed by atoms with van der Waals surface area (Å²) < 4.78 is 80.9. The molecule has 1 aromatic heterocycles. The summed E-state index contributed by atoms with van der Waals surface area (Å²) in [5, 5.41) is 0. The van der Waals surface area contributed by atoms with Gasteiger partial charge in [0, 0.05) is 25.3 Å². The number of nitrogens with zero attached hydrogens (tertiary/aromatic N) is 1. The molecule has 0 saturated carbocycles. The van der Waals surface area contributed by atoms with Gasteiger partial charge in [0.15, 0.2) is 5.76 Å². The molecule has 2 heterocycles. The van der Waals surface area contributed by atoms with E-state index in [4.69, 9.17) is 13.3 Å². The molecule has 1 fully saturated rings. The summed E-state index contributed by atoms with van der Waals surface area (Å²) in [4.78, 5) is 13.9. The highest BCUT2D eigenvalue weighted by Gasteiger charge is 2.32. The fraction of sp³-hybridized carbons (Fsp3) is 0.292. The molecule has 186 valence electrons. The van der Waals surface area contributed by atoms with Crippen LogP contribution in [-0.4, -0.2) is 38.5 Å². The SMILES string of the molecule is O=C(c1ccco1)N(Cc1ccccc1OS(=O)(=O)c1cccc(C(F)(F)F)c1)C[C@H]1CCCO1. The number of halogens is 3. The van der Waals surface area contributed by atoms with Crippen molar-refractivity contribution in [3.05, 3.63) is 83.8 Å². The fourth-order valence-electron chi connectivity index (χ4n) is 3.73. The Bertz CT molecular complexity index is 1270. The van der Waals surface area contributed by atoms with Gasteiger partial charge >= 0.3 is 16.3 Å². The van der Waals surface area contributed by atoms with Crippen LogP contribution in [0.1, 0.15) is 34.5 Å². The molecule has 0 radical (unpaired) electrons. The Balaban J connectivity index is 1.60. The van der Waals surface area contributed by atoms with Crippen LogP contribution >= 0.6 is 0 Å². The normalized spacial score (nSPS) is 16.3. The summed E-state index contributed by atoms with van der Waals surface area (Å²) in [7, 11) is -4.59. The van der Waals surface area contributed by atoms with Crippen molar-refractivity contribution in [1.82, 2.24) is 4.90 Å². The Morgan fingerprint density at radius 3 is 2.57 bits per heavy atom. The Morgan fingerprint density at radius 1 is 1.09 bits per heavy atom. The zero-order chi connectivity index (χ0) is 25.1. The van der Waals surface area contributed by atoms with Crippen molar-refractivity contribution < 1.29 is 39.7 Å². The van der Waals surface area contributed by atoms with Gasteiger partial charge in [-0.05, 0) is 49.2 Å². The van der Waals surface area contributed by atoms with Crippen LogP contribution in [0.5, 0.6) is 5.75 Å². The maximum atomic E-state index is 13.1. The van der Waals surface area contributed by atoms with Gasteiger partial charge in [-0.2, -0.15) is 21.6 Å². The lowest BCUT2D eigenvalue weighted by atomic mass is 10.1. The van der Waals surface area contributed by atoms with Crippen molar-refractivity contribution in [3.63, 3.8) is 0 Å². The molecule has 1 amide bonds. The molecule has 0 unspecified atom stereocenters. The van der Waals surface area contributed by atoms with E-state index in [9.17, 15) is 26.4 Å². The summed E-state index contributed by atoms with van der Waals surface area (Å²) in [6.07, 6.45) is -1.89. The third kappa shape index (κ3) is 6.04. The van der Waals surface area contributed by atoms with Gasteiger partial charge in [0.1, 0.15) is 10.6 Å². The monoisotopic (exact) mass is 509 g/mol. The van der Waals surface area contributed by atoms with Gasteiger partial charge in [-0.25, -0.2) is 0 Å². The highest BCUT2D eigenvalue weighted by atomic mass is 32.2.